The van der Waals surface area contributed by atoms with Crippen molar-refractivity contribution in [1.82, 2.24) is 9.88 Å². The highest BCUT2D eigenvalue weighted by molar-refractivity contribution is 5.80. The zero-order valence-corrected chi connectivity index (χ0v) is 13.8. The van der Waals surface area contributed by atoms with E-state index in [0.717, 1.165) is 48.2 Å². The van der Waals surface area contributed by atoms with Gasteiger partial charge in [0.1, 0.15) is 5.75 Å². The SMILES string of the molecule is CCOc1ccc2[nH]c(=O)c(CN3CCC[C@H]3COC)cc2c1. The molecule has 2 aromatic rings. The number of nitrogens with zero attached hydrogens (tertiary/aromatic N) is 1. The maximum atomic E-state index is 12.4. The fraction of sp³-hybridized carbons (Fsp3) is 0.500. The van der Waals surface area contributed by atoms with Gasteiger partial charge in [0.2, 0.25) is 0 Å². The molecule has 0 spiro atoms. The first-order valence-electron chi connectivity index (χ1n) is 8.23. The smallest absolute Gasteiger partial charge is 0.252 e. The predicted octanol–water partition coefficient (Wildman–Crippen LogP) is 2.54. The largest absolute Gasteiger partial charge is 0.494 e. The molecule has 3 rings (SSSR count). The molecule has 5 nitrogen and oxygen atoms in total. The summed E-state index contributed by atoms with van der Waals surface area (Å²) in [5, 5.41) is 1.01. The van der Waals surface area contributed by atoms with Crippen LogP contribution in [0.25, 0.3) is 10.9 Å². The lowest BCUT2D eigenvalue weighted by Gasteiger charge is -2.23. The Kier molecular flexibility index (Phi) is 4.98. The molecule has 1 saturated heterocycles. The van der Waals surface area contributed by atoms with Crippen LogP contribution in [0, 0.1) is 0 Å². The number of aromatic amines is 1. The summed E-state index contributed by atoms with van der Waals surface area (Å²) < 4.78 is 10.8. The number of benzene rings is 1. The summed E-state index contributed by atoms with van der Waals surface area (Å²) >= 11 is 0. The number of pyridine rings is 1. The zero-order valence-electron chi connectivity index (χ0n) is 13.8. The molecule has 23 heavy (non-hydrogen) atoms. The summed E-state index contributed by atoms with van der Waals surface area (Å²) in [6.07, 6.45) is 2.29. The van der Waals surface area contributed by atoms with Crippen molar-refractivity contribution in [2.24, 2.45) is 0 Å². The molecular weight excluding hydrogens is 292 g/mol. The van der Waals surface area contributed by atoms with Crippen LogP contribution in [0.5, 0.6) is 5.75 Å². The fourth-order valence-corrected chi connectivity index (χ4v) is 3.31. The second-order valence-electron chi connectivity index (χ2n) is 6.03. The molecule has 0 unspecified atom stereocenters. The molecule has 124 valence electrons. The number of likely N-dealkylation sites (tertiary alicyclic amines) is 1. The summed E-state index contributed by atoms with van der Waals surface area (Å²) in [5.74, 6) is 0.830. The van der Waals surface area contributed by atoms with E-state index in [-0.39, 0.29) is 5.56 Å². The highest BCUT2D eigenvalue weighted by Crippen LogP contribution is 2.22. The van der Waals surface area contributed by atoms with E-state index in [0.29, 0.717) is 19.2 Å². The predicted molar refractivity (Wildman–Crippen MR) is 91.0 cm³/mol. The van der Waals surface area contributed by atoms with Gasteiger partial charge in [-0.1, -0.05) is 0 Å². The van der Waals surface area contributed by atoms with Gasteiger partial charge in [-0.15, -0.1) is 0 Å². The standard InChI is InChI=1S/C18H24N2O3/c1-3-23-16-6-7-17-13(10-16)9-14(18(21)19-17)11-20-8-4-5-15(20)12-22-2/h6-7,9-10,15H,3-5,8,11-12H2,1-2H3,(H,19,21)/t15-/m0/s1. The molecule has 1 atom stereocenters. The Morgan fingerprint density at radius 2 is 2.22 bits per heavy atom. The summed E-state index contributed by atoms with van der Waals surface area (Å²) in [5.41, 5.74) is 1.64. The monoisotopic (exact) mass is 316 g/mol. The topological polar surface area (TPSA) is 54.6 Å². The maximum absolute atomic E-state index is 12.4. The Labute approximate surface area is 136 Å². The van der Waals surface area contributed by atoms with E-state index in [1.807, 2.05) is 31.2 Å². The van der Waals surface area contributed by atoms with E-state index in [4.69, 9.17) is 9.47 Å². The average molecular weight is 316 g/mol. The molecule has 0 radical (unpaired) electrons. The van der Waals surface area contributed by atoms with Crippen molar-refractivity contribution in [2.45, 2.75) is 32.4 Å². The summed E-state index contributed by atoms with van der Waals surface area (Å²) in [6, 6.07) is 8.16. The number of methoxy groups -OCH3 is 1. The molecule has 1 aliphatic rings. The van der Waals surface area contributed by atoms with Crippen LogP contribution in [0.1, 0.15) is 25.3 Å². The van der Waals surface area contributed by atoms with Gasteiger partial charge in [0, 0.05) is 36.2 Å². The highest BCUT2D eigenvalue weighted by Gasteiger charge is 2.25. The van der Waals surface area contributed by atoms with Crippen LogP contribution in [0.4, 0.5) is 0 Å². The van der Waals surface area contributed by atoms with Crippen LogP contribution in [0.3, 0.4) is 0 Å². The van der Waals surface area contributed by atoms with E-state index in [9.17, 15) is 4.79 Å². The Morgan fingerprint density at radius 3 is 3.00 bits per heavy atom. The molecule has 5 heteroatoms. The highest BCUT2D eigenvalue weighted by atomic mass is 16.5. The lowest BCUT2D eigenvalue weighted by molar-refractivity contribution is 0.111. The van der Waals surface area contributed by atoms with E-state index < -0.39 is 0 Å². The Balaban J connectivity index is 1.87. The number of hydrogen-bond donors (Lipinski definition) is 1. The molecule has 1 N–H and O–H groups in total. The van der Waals surface area contributed by atoms with Crippen molar-refractivity contribution >= 4 is 10.9 Å². The van der Waals surface area contributed by atoms with Crippen molar-refractivity contribution in [3.8, 4) is 5.75 Å². The second kappa shape index (κ2) is 7.15. The third kappa shape index (κ3) is 3.57. The molecule has 0 bridgehead atoms. The van der Waals surface area contributed by atoms with Gasteiger partial charge in [-0.3, -0.25) is 9.69 Å². The van der Waals surface area contributed by atoms with E-state index >= 15 is 0 Å². The molecule has 0 aliphatic carbocycles. The van der Waals surface area contributed by atoms with Crippen LogP contribution in [-0.2, 0) is 11.3 Å². The minimum atomic E-state index is -0.00951. The van der Waals surface area contributed by atoms with Crippen molar-refractivity contribution in [3.05, 3.63) is 40.2 Å². The molecule has 1 aromatic heterocycles. The number of hydrogen-bond acceptors (Lipinski definition) is 4. The lowest BCUT2D eigenvalue weighted by Crippen LogP contribution is -2.34. The van der Waals surface area contributed by atoms with Crippen LogP contribution < -0.4 is 10.3 Å². The molecule has 0 saturated carbocycles. The number of fused-ring (bicyclic) bond motifs is 1. The Hall–Kier alpha value is -1.85. The molecule has 1 fully saturated rings. The fourth-order valence-electron chi connectivity index (χ4n) is 3.31. The number of H-pyrrole nitrogens is 1. The second-order valence-corrected chi connectivity index (χ2v) is 6.03. The minimum Gasteiger partial charge on any atom is -0.494 e. The first kappa shape index (κ1) is 16.0. The molecule has 0 amide bonds. The van der Waals surface area contributed by atoms with E-state index in [1.54, 1.807) is 7.11 Å². The van der Waals surface area contributed by atoms with Crippen LogP contribution >= 0.6 is 0 Å². The third-order valence-electron chi connectivity index (χ3n) is 4.44. The van der Waals surface area contributed by atoms with Gasteiger partial charge in [0.25, 0.3) is 5.56 Å². The normalized spacial score (nSPS) is 18.6. The number of nitrogens with one attached hydrogen (secondary N) is 1. The summed E-state index contributed by atoms with van der Waals surface area (Å²) in [7, 11) is 1.73. The third-order valence-corrected chi connectivity index (χ3v) is 4.44. The summed E-state index contributed by atoms with van der Waals surface area (Å²) in [6.45, 7) is 5.00. The van der Waals surface area contributed by atoms with Crippen LogP contribution in [0.15, 0.2) is 29.1 Å². The van der Waals surface area contributed by atoms with Gasteiger partial charge in [-0.05, 0) is 50.6 Å². The van der Waals surface area contributed by atoms with Gasteiger partial charge < -0.3 is 14.5 Å². The zero-order chi connectivity index (χ0) is 16.2. The molecule has 2 heterocycles. The molecule has 1 aliphatic heterocycles. The van der Waals surface area contributed by atoms with Gasteiger partial charge >= 0.3 is 0 Å². The number of aromatic nitrogens is 1. The van der Waals surface area contributed by atoms with Gasteiger partial charge in [-0.25, -0.2) is 0 Å². The molecule has 1 aromatic carbocycles. The van der Waals surface area contributed by atoms with Gasteiger partial charge in [-0.2, -0.15) is 0 Å². The number of ether oxygens (including phenoxy) is 2. The molecular formula is C18H24N2O3. The lowest BCUT2D eigenvalue weighted by atomic mass is 10.1. The first-order valence-corrected chi connectivity index (χ1v) is 8.23. The van der Waals surface area contributed by atoms with E-state index in [1.165, 1.54) is 0 Å². The van der Waals surface area contributed by atoms with Crippen molar-refractivity contribution < 1.29 is 9.47 Å². The van der Waals surface area contributed by atoms with E-state index in [2.05, 4.69) is 9.88 Å². The average Bonchev–Trinajstić information content (AvgIpc) is 2.96. The minimum absolute atomic E-state index is 0.00951. The van der Waals surface area contributed by atoms with Crippen molar-refractivity contribution in [3.63, 3.8) is 0 Å². The van der Waals surface area contributed by atoms with Crippen molar-refractivity contribution in [2.75, 3.05) is 26.9 Å². The number of rotatable bonds is 6. The van der Waals surface area contributed by atoms with Gasteiger partial charge in [0.05, 0.1) is 13.2 Å². The maximum Gasteiger partial charge on any atom is 0.252 e. The Morgan fingerprint density at radius 1 is 1.35 bits per heavy atom. The van der Waals surface area contributed by atoms with Crippen LogP contribution in [-0.4, -0.2) is 42.8 Å². The van der Waals surface area contributed by atoms with Crippen LogP contribution in [0.2, 0.25) is 0 Å². The summed E-state index contributed by atoms with van der Waals surface area (Å²) in [4.78, 5) is 17.7. The van der Waals surface area contributed by atoms with Crippen molar-refractivity contribution in [1.29, 1.82) is 0 Å². The van der Waals surface area contributed by atoms with Gasteiger partial charge in [0.15, 0.2) is 0 Å². The first-order chi connectivity index (χ1) is 11.2. The quantitative estimate of drug-likeness (QED) is 0.890. The Bertz CT molecular complexity index is 726.